The fourth-order valence-electron chi connectivity index (χ4n) is 1.53. The van der Waals surface area contributed by atoms with E-state index in [2.05, 4.69) is 57.4 Å². The SMILES string of the molecule is CC(C)CNCc1nnc(-c2cccc(Br)c2)s1. The Balaban J connectivity index is 2.02. The highest BCUT2D eigenvalue weighted by Crippen LogP contribution is 2.25. The fourth-order valence-corrected chi connectivity index (χ4v) is 2.74. The van der Waals surface area contributed by atoms with Crippen LogP contribution in [-0.2, 0) is 6.54 Å². The van der Waals surface area contributed by atoms with E-state index in [0.717, 1.165) is 33.1 Å². The van der Waals surface area contributed by atoms with Crippen LogP contribution in [0.4, 0.5) is 0 Å². The van der Waals surface area contributed by atoms with Crippen LogP contribution in [0, 0.1) is 5.92 Å². The summed E-state index contributed by atoms with van der Waals surface area (Å²) in [6.07, 6.45) is 0. The smallest absolute Gasteiger partial charge is 0.147 e. The van der Waals surface area contributed by atoms with Gasteiger partial charge >= 0.3 is 0 Å². The number of halogens is 1. The molecule has 18 heavy (non-hydrogen) atoms. The van der Waals surface area contributed by atoms with E-state index in [9.17, 15) is 0 Å². The lowest BCUT2D eigenvalue weighted by atomic mass is 10.2. The molecule has 1 aromatic carbocycles. The zero-order chi connectivity index (χ0) is 13.0. The van der Waals surface area contributed by atoms with Gasteiger partial charge < -0.3 is 5.32 Å². The van der Waals surface area contributed by atoms with Crippen molar-refractivity contribution in [3.63, 3.8) is 0 Å². The molecule has 0 spiro atoms. The van der Waals surface area contributed by atoms with Crippen LogP contribution in [0.1, 0.15) is 18.9 Å². The third-order valence-corrected chi connectivity index (χ3v) is 3.83. The first kappa shape index (κ1) is 13.6. The third-order valence-electron chi connectivity index (χ3n) is 2.37. The van der Waals surface area contributed by atoms with Crippen molar-refractivity contribution in [2.45, 2.75) is 20.4 Å². The molecule has 0 aliphatic heterocycles. The lowest BCUT2D eigenvalue weighted by molar-refractivity contribution is 0.550. The van der Waals surface area contributed by atoms with E-state index >= 15 is 0 Å². The topological polar surface area (TPSA) is 37.8 Å². The van der Waals surface area contributed by atoms with E-state index in [4.69, 9.17) is 0 Å². The summed E-state index contributed by atoms with van der Waals surface area (Å²) in [5.74, 6) is 0.655. The summed E-state index contributed by atoms with van der Waals surface area (Å²) in [4.78, 5) is 0. The van der Waals surface area contributed by atoms with Gasteiger partial charge in [0.1, 0.15) is 10.0 Å². The molecular formula is C13H16BrN3S. The molecule has 0 radical (unpaired) electrons. The van der Waals surface area contributed by atoms with Crippen LogP contribution in [0.25, 0.3) is 10.6 Å². The van der Waals surface area contributed by atoms with E-state index in [-0.39, 0.29) is 0 Å². The highest BCUT2D eigenvalue weighted by atomic mass is 79.9. The third kappa shape index (κ3) is 3.86. The fraction of sp³-hybridized carbons (Fsp3) is 0.385. The van der Waals surface area contributed by atoms with Crippen molar-refractivity contribution in [1.82, 2.24) is 15.5 Å². The minimum absolute atomic E-state index is 0.655. The van der Waals surface area contributed by atoms with Crippen molar-refractivity contribution in [3.05, 3.63) is 33.7 Å². The number of hydrogen-bond acceptors (Lipinski definition) is 4. The molecule has 1 N–H and O–H groups in total. The van der Waals surface area contributed by atoms with Crippen molar-refractivity contribution in [2.24, 2.45) is 5.92 Å². The van der Waals surface area contributed by atoms with Crippen molar-refractivity contribution < 1.29 is 0 Å². The van der Waals surface area contributed by atoms with Crippen LogP contribution in [0.15, 0.2) is 28.7 Å². The van der Waals surface area contributed by atoms with Gasteiger partial charge in [0.25, 0.3) is 0 Å². The maximum atomic E-state index is 4.23. The van der Waals surface area contributed by atoms with Gasteiger partial charge in [-0.2, -0.15) is 0 Å². The van der Waals surface area contributed by atoms with Crippen LogP contribution < -0.4 is 5.32 Å². The lowest BCUT2D eigenvalue weighted by Crippen LogP contribution is -2.18. The molecule has 0 saturated heterocycles. The summed E-state index contributed by atoms with van der Waals surface area (Å²) in [6, 6.07) is 8.13. The molecule has 0 amide bonds. The molecule has 0 bridgehead atoms. The van der Waals surface area contributed by atoms with Crippen LogP contribution in [0.3, 0.4) is 0 Å². The maximum Gasteiger partial charge on any atom is 0.147 e. The summed E-state index contributed by atoms with van der Waals surface area (Å²) in [5, 5.41) is 13.8. The van der Waals surface area contributed by atoms with Crippen molar-refractivity contribution >= 4 is 27.3 Å². The molecule has 2 rings (SSSR count). The first-order valence-electron chi connectivity index (χ1n) is 5.94. The van der Waals surface area contributed by atoms with Gasteiger partial charge in [0, 0.05) is 16.6 Å². The number of nitrogens with zero attached hydrogens (tertiary/aromatic N) is 2. The molecule has 0 aliphatic carbocycles. The van der Waals surface area contributed by atoms with Gasteiger partial charge in [-0.1, -0.05) is 53.2 Å². The first-order valence-corrected chi connectivity index (χ1v) is 7.55. The molecule has 0 unspecified atom stereocenters. The minimum Gasteiger partial charge on any atom is -0.310 e. The molecule has 1 aromatic heterocycles. The number of rotatable bonds is 5. The zero-order valence-electron chi connectivity index (χ0n) is 10.5. The second-order valence-corrected chi connectivity index (χ2v) is 6.51. The Morgan fingerprint density at radius 2 is 2.17 bits per heavy atom. The molecule has 0 saturated carbocycles. The zero-order valence-corrected chi connectivity index (χ0v) is 12.9. The Bertz CT molecular complexity index is 510. The second kappa shape index (κ2) is 6.41. The summed E-state index contributed by atoms with van der Waals surface area (Å²) in [7, 11) is 0. The minimum atomic E-state index is 0.655. The number of nitrogens with one attached hydrogen (secondary N) is 1. The van der Waals surface area contributed by atoms with Crippen LogP contribution in [-0.4, -0.2) is 16.7 Å². The van der Waals surface area contributed by atoms with Crippen molar-refractivity contribution in [1.29, 1.82) is 0 Å². The summed E-state index contributed by atoms with van der Waals surface area (Å²) >= 11 is 5.11. The van der Waals surface area contributed by atoms with Crippen molar-refractivity contribution in [3.8, 4) is 10.6 Å². The Kier molecular flexibility index (Phi) is 4.86. The standard InChI is InChI=1S/C13H16BrN3S/c1-9(2)7-15-8-12-16-17-13(18-12)10-4-3-5-11(14)6-10/h3-6,9,15H,7-8H2,1-2H3. The molecule has 5 heteroatoms. The lowest BCUT2D eigenvalue weighted by Gasteiger charge is -2.03. The Hall–Kier alpha value is -0.780. The Morgan fingerprint density at radius 3 is 2.89 bits per heavy atom. The van der Waals surface area contributed by atoms with Crippen LogP contribution >= 0.6 is 27.3 Å². The number of aromatic nitrogens is 2. The van der Waals surface area contributed by atoms with Crippen LogP contribution in [0.2, 0.25) is 0 Å². The Morgan fingerprint density at radius 1 is 1.33 bits per heavy atom. The highest BCUT2D eigenvalue weighted by molar-refractivity contribution is 9.10. The molecule has 0 fully saturated rings. The molecule has 0 aliphatic rings. The predicted molar refractivity (Wildman–Crippen MR) is 79.6 cm³/mol. The van der Waals surface area contributed by atoms with Gasteiger partial charge in [-0.3, -0.25) is 0 Å². The van der Waals surface area contributed by atoms with Gasteiger partial charge in [-0.15, -0.1) is 10.2 Å². The highest BCUT2D eigenvalue weighted by Gasteiger charge is 2.06. The number of hydrogen-bond donors (Lipinski definition) is 1. The van der Waals surface area contributed by atoms with E-state index in [1.807, 2.05) is 12.1 Å². The monoisotopic (exact) mass is 325 g/mol. The van der Waals surface area contributed by atoms with Crippen LogP contribution in [0.5, 0.6) is 0 Å². The van der Waals surface area contributed by atoms with Gasteiger partial charge in [-0.05, 0) is 24.6 Å². The average molecular weight is 326 g/mol. The summed E-state index contributed by atoms with van der Waals surface area (Å²) in [6.45, 7) is 6.19. The molecule has 1 heterocycles. The maximum absolute atomic E-state index is 4.23. The van der Waals surface area contributed by atoms with Gasteiger partial charge in [-0.25, -0.2) is 0 Å². The summed E-state index contributed by atoms with van der Waals surface area (Å²) in [5.41, 5.74) is 1.11. The van der Waals surface area contributed by atoms with E-state index in [1.54, 1.807) is 11.3 Å². The van der Waals surface area contributed by atoms with Gasteiger partial charge in [0.15, 0.2) is 0 Å². The van der Waals surface area contributed by atoms with E-state index < -0.39 is 0 Å². The molecule has 0 atom stereocenters. The van der Waals surface area contributed by atoms with E-state index in [1.165, 1.54) is 0 Å². The first-order chi connectivity index (χ1) is 8.65. The normalized spacial score (nSPS) is 11.1. The molecule has 96 valence electrons. The van der Waals surface area contributed by atoms with Gasteiger partial charge in [0.2, 0.25) is 0 Å². The molecular weight excluding hydrogens is 310 g/mol. The second-order valence-electron chi connectivity index (χ2n) is 4.54. The van der Waals surface area contributed by atoms with Gasteiger partial charge in [0.05, 0.1) is 0 Å². The molecule has 3 nitrogen and oxygen atoms in total. The van der Waals surface area contributed by atoms with Crippen molar-refractivity contribution in [2.75, 3.05) is 6.54 Å². The largest absolute Gasteiger partial charge is 0.310 e. The van der Waals surface area contributed by atoms with E-state index in [0.29, 0.717) is 5.92 Å². The number of benzene rings is 1. The predicted octanol–water partition coefficient (Wildman–Crippen LogP) is 3.71. The summed E-state index contributed by atoms with van der Waals surface area (Å²) < 4.78 is 1.06. The average Bonchev–Trinajstić information content (AvgIpc) is 2.77. The Labute approximate surface area is 120 Å². The molecule has 2 aromatic rings. The quantitative estimate of drug-likeness (QED) is 0.910.